The fourth-order valence-electron chi connectivity index (χ4n) is 2.75. The number of hydrogen-bond donors (Lipinski definition) is 0. The van der Waals surface area contributed by atoms with Gasteiger partial charge >= 0.3 is 0 Å². The number of rotatable bonds is 10. The van der Waals surface area contributed by atoms with Crippen LogP contribution in [0.3, 0.4) is 0 Å². The minimum atomic E-state index is 0.801. The van der Waals surface area contributed by atoms with Crippen LogP contribution in [0.15, 0.2) is 48.8 Å². The highest BCUT2D eigenvalue weighted by molar-refractivity contribution is 6.30. The first-order valence-corrected chi connectivity index (χ1v) is 9.21. The monoisotopic (exact) mass is 332 g/mol. The van der Waals surface area contributed by atoms with Crippen molar-refractivity contribution in [3.63, 3.8) is 0 Å². The Labute approximate surface area is 146 Å². The topological polar surface area (TPSA) is 6.48 Å². The third-order valence-electron chi connectivity index (χ3n) is 4.17. The van der Waals surface area contributed by atoms with Crippen LogP contribution in [0, 0.1) is 0 Å². The molecule has 1 aliphatic rings. The quantitative estimate of drug-likeness (QED) is 0.415. The third-order valence-corrected chi connectivity index (χ3v) is 4.43. The second-order valence-electron chi connectivity index (χ2n) is 6.24. The van der Waals surface area contributed by atoms with Crippen LogP contribution in [-0.4, -0.2) is 29.6 Å². The molecule has 2 rings (SSSR count). The first-order chi connectivity index (χ1) is 11.3. The molecule has 0 fully saturated rings. The molecule has 0 bridgehead atoms. The Balaban J connectivity index is 1.57. The van der Waals surface area contributed by atoms with Gasteiger partial charge in [-0.05, 0) is 30.5 Å². The lowest BCUT2D eigenvalue weighted by Crippen LogP contribution is -2.26. The molecule has 0 saturated heterocycles. The van der Waals surface area contributed by atoms with Crippen molar-refractivity contribution in [1.82, 2.24) is 9.80 Å². The van der Waals surface area contributed by atoms with E-state index in [-0.39, 0.29) is 0 Å². The van der Waals surface area contributed by atoms with Gasteiger partial charge in [0.15, 0.2) is 0 Å². The van der Waals surface area contributed by atoms with E-state index in [1.165, 1.54) is 44.2 Å². The molecule has 0 radical (unpaired) electrons. The molecule has 1 heterocycles. The van der Waals surface area contributed by atoms with Crippen molar-refractivity contribution < 1.29 is 0 Å². The summed E-state index contributed by atoms with van der Waals surface area (Å²) < 4.78 is 0. The zero-order valence-electron chi connectivity index (χ0n) is 14.3. The second kappa shape index (κ2) is 10.4. The molecule has 23 heavy (non-hydrogen) atoms. The van der Waals surface area contributed by atoms with E-state index < -0.39 is 0 Å². The normalized spacial score (nSPS) is 14.3. The minimum absolute atomic E-state index is 0.801. The van der Waals surface area contributed by atoms with Gasteiger partial charge in [-0.2, -0.15) is 0 Å². The second-order valence-corrected chi connectivity index (χ2v) is 6.68. The van der Waals surface area contributed by atoms with Crippen molar-refractivity contribution in [3.05, 3.63) is 59.4 Å². The van der Waals surface area contributed by atoms with Gasteiger partial charge in [-0.3, -0.25) is 0 Å². The largest absolute Gasteiger partial charge is 0.359 e. The fraction of sp³-hybridized carbons (Fsp3) is 0.500. The van der Waals surface area contributed by atoms with Gasteiger partial charge in [0.2, 0.25) is 0 Å². The summed E-state index contributed by atoms with van der Waals surface area (Å²) in [5.74, 6) is 0. The first kappa shape index (κ1) is 17.9. The average molecular weight is 333 g/mol. The predicted molar refractivity (Wildman–Crippen MR) is 100 cm³/mol. The molecule has 0 atom stereocenters. The van der Waals surface area contributed by atoms with Crippen molar-refractivity contribution in [2.75, 3.05) is 19.8 Å². The summed E-state index contributed by atoms with van der Waals surface area (Å²) in [6.45, 7) is 5.46. The van der Waals surface area contributed by atoms with Gasteiger partial charge in [0.25, 0.3) is 0 Å². The Morgan fingerprint density at radius 3 is 2.48 bits per heavy atom. The van der Waals surface area contributed by atoms with Crippen LogP contribution in [-0.2, 0) is 6.42 Å². The zero-order valence-corrected chi connectivity index (χ0v) is 15.0. The Morgan fingerprint density at radius 1 is 0.957 bits per heavy atom. The van der Waals surface area contributed by atoms with Gasteiger partial charge in [-0.1, -0.05) is 68.5 Å². The van der Waals surface area contributed by atoms with Crippen LogP contribution >= 0.6 is 11.6 Å². The van der Waals surface area contributed by atoms with E-state index in [1.54, 1.807) is 0 Å². The highest BCUT2D eigenvalue weighted by Gasteiger charge is 2.09. The van der Waals surface area contributed by atoms with Crippen molar-refractivity contribution >= 4 is 11.6 Å². The summed E-state index contributed by atoms with van der Waals surface area (Å²) in [5.41, 5.74) is 1.30. The molecular formula is C20H29ClN2. The molecule has 0 unspecified atom stereocenters. The molecule has 1 aliphatic heterocycles. The Morgan fingerprint density at radius 2 is 1.70 bits per heavy atom. The van der Waals surface area contributed by atoms with Crippen molar-refractivity contribution in [1.29, 1.82) is 0 Å². The molecule has 1 aromatic rings. The number of nitrogens with zero attached hydrogens (tertiary/aromatic N) is 2. The first-order valence-electron chi connectivity index (χ1n) is 8.84. The number of hydrogen-bond acceptors (Lipinski definition) is 2. The minimum Gasteiger partial charge on any atom is -0.359 e. The molecule has 0 saturated carbocycles. The highest BCUT2D eigenvalue weighted by Crippen LogP contribution is 2.11. The number of unbranched alkanes of at least 4 members (excludes halogenated alkanes) is 4. The predicted octanol–water partition coefficient (Wildman–Crippen LogP) is 5.46. The van der Waals surface area contributed by atoms with Crippen LogP contribution in [0.25, 0.3) is 0 Å². The van der Waals surface area contributed by atoms with Crippen LogP contribution in [0.1, 0.15) is 44.6 Å². The van der Waals surface area contributed by atoms with Gasteiger partial charge in [0.05, 0.1) is 6.67 Å². The van der Waals surface area contributed by atoms with E-state index in [2.05, 4.69) is 53.4 Å². The molecule has 1 aromatic carbocycles. The summed E-state index contributed by atoms with van der Waals surface area (Å²) in [6, 6.07) is 8.07. The Bertz CT molecular complexity index is 493. The molecule has 0 spiro atoms. The lowest BCUT2D eigenvalue weighted by atomic mass is 10.1. The molecule has 3 heteroatoms. The fourth-order valence-corrected chi connectivity index (χ4v) is 2.87. The summed E-state index contributed by atoms with van der Waals surface area (Å²) >= 11 is 5.90. The molecule has 126 valence electrons. The van der Waals surface area contributed by atoms with E-state index in [0.29, 0.717) is 0 Å². The Hall–Kier alpha value is -1.41. The molecule has 0 aliphatic carbocycles. The van der Waals surface area contributed by atoms with E-state index in [4.69, 9.17) is 11.6 Å². The van der Waals surface area contributed by atoms with Gasteiger partial charge in [-0.15, -0.1) is 0 Å². The molecule has 0 aromatic heterocycles. The number of allylic oxidation sites excluding steroid dienone is 1. The molecule has 2 nitrogen and oxygen atoms in total. The zero-order chi connectivity index (χ0) is 16.3. The number of halogens is 1. The molecular weight excluding hydrogens is 304 g/mol. The van der Waals surface area contributed by atoms with E-state index in [0.717, 1.165) is 24.7 Å². The smallest absolute Gasteiger partial charge is 0.0896 e. The van der Waals surface area contributed by atoms with Crippen LogP contribution in [0.2, 0.25) is 5.02 Å². The lowest BCUT2D eigenvalue weighted by Gasteiger charge is -2.20. The summed E-state index contributed by atoms with van der Waals surface area (Å²) in [6.07, 6.45) is 16.6. The van der Waals surface area contributed by atoms with Crippen molar-refractivity contribution in [2.24, 2.45) is 0 Å². The maximum Gasteiger partial charge on any atom is 0.0896 e. The third kappa shape index (κ3) is 7.13. The SMILES string of the molecule is CCCCCCCN1C=CN(CC=CCc2ccc(Cl)cc2)C1. The van der Waals surface area contributed by atoms with Crippen LogP contribution in [0.4, 0.5) is 0 Å². The van der Waals surface area contributed by atoms with Crippen LogP contribution in [0.5, 0.6) is 0 Å². The summed E-state index contributed by atoms with van der Waals surface area (Å²) in [7, 11) is 0. The standard InChI is InChI=1S/C20H29ClN2/c1-2-3-4-5-7-14-22-16-17-23(18-22)15-8-6-9-19-10-12-20(21)13-11-19/h6,8,10-13,16-17H,2-5,7,9,14-15,18H2,1H3. The van der Waals surface area contributed by atoms with E-state index in [9.17, 15) is 0 Å². The van der Waals surface area contributed by atoms with Gasteiger partial charge < -0.3 is 9.80 Å². The molecule has 0 amide bonds. The van der Waals surface area contributed by atoms with Gasteiger partial charge in [0, 0.05) is 30.5 Å². The van der Waals surface area contributed by atoms with Gasteiger partial charge in [-0.25, -0.2) is 0 Å². The van der Waals surface area contributed by atoms with Gasteiger partial charge in [0.1, 0.15) is 0 Å². The highest BCUT2D eigenvalue weighted by atomic mass is 35.5. The Kier molecular flexibility index (Phi) is 8.10. The van der Waals surface area contributed by atoms with E-state index in [1.807, 2.05) is 12.1 Å². The summed E-state index contributed by atoms with van der Waals surface area (Å²) in [5, 5.41) is 0.801. The van der Waals surface area contributed by atoms with Crippen LogP contribution < -0.4 is 0 Å². The lowest BCUT2D eigenvalue weighted by molar-refractivity contribution is 0.276. The van der Waals surface area contributed by atoms with E-state index >= 15 is 0 Å². The maximum absolute atomic E-state index is 5.90. The molecule has 0 N–H and O–H groups in total. The maximum atomic E-state index is 5.90. The summed E-state index contributed by atoms with van der Waals surface area (Å²) in [4.78, 5) is 4.77. The van der Waals surface area contributed by atoms with Crippen molar-refractivity contribution in [3.8, 4) is 0 Å². The van der Waals surface area contributed by atoms with Crippen molar-refractivity contribution in [2.45, 2.75) is 45.4 Å². The number of benzene rings is 1. The average Bonchev–Trinajstić information content (AvgIpc) is 3.01.